The van der Waals surface area contributed by atoms with Crippen molar-refractivity contribution in [3.05, 3.63) is 48.4 Å². The maximum atomic E-state index is 13.0. The molecule has 0 fully saturated rings. The van der Waals surface area contributed by atoms with Crippen molar-refractivity contribution in [1.82, 2.24) is 4.98 Å². The molecule has 0 spiro atoms. The lowest BCUT2D eigenvalue weighted by Crippen LogP contribution is -1.95. The molecule has 2 N–H and O–H groups in total. The zero-order valence-electron chi connectivity index (χ0n) is 7.44. The van der Waals surface area contributed by atoms with Gasteiger partial charge in [-0.15, -0.1) is 0 Å². The molecule has 0 aliphatic heterocycles. The summed E-state index contributed by atoms with van der Waals surface area (Å²) >= 11 is 0. The van der Waals surface area contributed by atoms with E-state index in [1.165, 1.54) is 6.07 Å². The summed E-state index contributed by atoms with van der Waals surface area (Å²) in [7, 11) is 0. The molecule has 1 aromatic heterocycles. The van der Waals surface area contributed by atoms with E-state index in [1.54, 1.807) is 6.07 Å². The third-order valence-electron chi connectivity index (χ3n) is 1.95. The van der Waals surface area contributed by atoms with Crippen LogP contribution in [0.25, 0.3) is 11.3 Å². The second kappa shape index (κ2) is 3.46. The molecule has 0 unspecified atom stereocenters. The van der Waals surface area contributed by atoms with Crippen LogP contribution in [-0.2, 0) is 0 Å². The molecule has 0 aliphatic carbocycles. The Morgan fingerprint density at radius 3 is 2.36 bits per heavy atom. The van der Waals surface area contributed by atoms with Gasteiger partial charge in [-0.05, 0) is 12.1 Å². The van der Waals surface area contributed by atoms with E-state index < -0.39 is 5.95 Å². The Labute approximate surface area is 81.2 Å². The normalized spacial score (nSPS) is 10.1. The van der Waals surface area contributed by atoms with E-state index in [4.69, 9.17) is 5.73 Å². The van der Waals surface area contributed by atoms with Gasteiger partial charge >= 0.3 is 0 Å². The van der Waals surface area contributed by atoms with Crippen LogP contribution >= 0.6 is 0 Å². The van der Waals surface area contributed by atoms with Crippen molar-refractivity contribution in [3.63, 3.8) is 0 Å². The number of pyridine rings is 1. The number of benzene rings is 1. The SMILES string of the molecule is Nc1ccc(-c2ccccc2)nc1F. The highest BCUT2D eigenvalue weighted by Crippen LogP contribution is 2.18. The summed E-state index contributed by atoms with van der Waals surface area (Å²) in [5, 5.41) is 0. The topological polar surface area (TPSA) is 38.9 Å². The summed E-state index contributed by atoms with van der Waals surface area (Å²) in [6.07, 6.45) is 0. The minimum absolute atomic E-state index is 0.0738. The first-order valence-electron chi connectivity index (χ1n) is 4.25. The molecule has 2 rings (SSSR count). The number of hydrogen-bond acceptors (Lipinski definition) is 2. The zero-order valence-corrected chi connectivity index (χ0v) is 7.44. The van der Waals surface area contributed by atoms with Gasteiger partial charge in [0.05, 0.1) is 11.4 Å². The van der Waals surface area contributed by atoms with Crippen LogP contribution in [0, 0.1) is 5.95 Å². The standard InChI is InChI=1S/C11H9FN2/c12-11-9(13)6-7-10(14-11)8-4-2-1-3-5-8/h1-7H,13H2. The van der Waals surface area contributed by atoms with Crippen molar-refractivity contribution < 1.29 is 4.39 Å². The van der Waals surface area contributed by atoms with Crippen molar-refractivity contribution in [3.8, 4) is 11.3 Å². The molecule has 2 nitrogen and oxygen atoms in total. The van der Waals surface area contributed by atoms with Crippen molar-refractivity contribution in [2.24, 2.45) is 0 Å². The first-order chi connectivity index (χ1) is 6.77. The second-order valence-corrected chi connectivity index (χ2v) is 2.94. The van der Waals surface area contributed by atoms with Gasteiger partial charge in [-0.2, -0.15) is 4.39 Å². The Bertz CT molecular complexity index is 440. The Hall–Kier alpha value is -1.90. The summed E-state index contributed by atoms with van der Waals surface area (Å²) in [6.45, 7) is 0. The highest BCUT2D eigenvalue weighted by Gasteiger charge is 2.02. The number of hydrogen-bond donors (Lipinski definition) is 1. The van der Waals surface area contributed by atoms with E-state index >= 15 is 0 Å². The van der Waals surface area contributed by atoms with Crippen LogP contribution in [0.1, 0.15) is 0 Å². The predicted octanol–water partition coefficient (Wildman–Crippen LogP) is 2.47. The lowest BCUT2D eigenvalue weighted by atomic mass is 10.1. The van der Waals surface area contributed by atoms with Crippen LogP contribution in [0.4, 0.5) is 10.1 Å². The van der Waals surface area contributed by atoms with E-state index in [0.717, 1.165) is 5.56 Å². The molecule has 1 aromatic carbocycles. The smallest absolute Gasteiger partial charge is 0.236 e. The Morgan fingerprint density at radius 2 is 1.71 bits per heavy atom. The molecular formula is C11H9FN2. The fraction of sp³-hybridized carbons (Fsp3) is 0. The molecule has 1 heterocycles. The van der Waals surface area contributed by atoms with Crippen LogP contribution < -0.4 is 5.73 Å². The molecule has 0 saturated carbocycles. The molecule has 0 aliphatic rings. The monoisotopic (exact) mass is 188 g/mol. The highest BCUT2D eigenvalue weighted by molar-refractivity contribution is 5.60. The number of anilines is 1. The van der Waals surface area contributed by atoms with Gasteiger partial charge in [-0.3, -0.25) is 0 Å². The highest BCUT2D eigenvalue weighted by atomic mass is 19.1. The molecule has 0 atom stereocenters. The Balaban J connectivity index is 2.48. The molecule has 3 heteroatoms. The minimum Gasteiger partial charge on any atom is -0.395 e. The van der Waals surface area contributed by atoms with Crippen LogP contribution in [0.5, 0.6) is 0 Å². The zero-order chi connectivity index (χ0) is 9.97. The van der Waals surface area contributed by atoms with Crippen LogP contribution in [0.2, 0.25) is 0 Å². The van der Waals surface area contributed by atoms with Crippen LogP contribution in [0.15, 0.2) is 42.5 Å². The number of rotatable bonds is 1. The molecule has 0 bridgehead atoms. The van der Waals surface area contributed by atoms with Crippen LogP contribution in [0.3, 0.4) is 0 Å². The molecule has 70 valence electrons. The van der Waals surface area contributed by atoms with E-state index in [0.29, 0.717) is 5.69 Å². The van der Waals surface area contributed by atoms with E-state index in [-0.39, 0.29) is 5.69 Å². The number of aromatic nitrogens is 1. The summed E-state index contributed by atoms with van der Waals surface area (Å²) in [5.41, 5.74) is 6.88. The minimum atomic E-state index is -0.619. The molecule has 0 radical (unpaired) electrons. The molecule has 2 aromatic rings. The largest absolute Gasteiger partial charge is 0.395 e. The first-order valence-corrected chi connectivity index (χ1v) is 4.25. The Kier molecular flexibility index (Phi) is 2.14. The molecule has 0 saturated heterocycles. The van der Waals surface area contributed by atoms with Crippen molar-refractivity contribution in [2.75, 3.05) is 5.73 Å². The third kappa shape index (κ3) is 1.57. The van der Waals surface area contributed by atoms with Gasteiger partial charge in [0.15, 0.2) is 0 Å². The van der Waals surface area contributed by atoms with Crippen LogP contribution in [-0.4, -0.2) is 4.98 Å². The maximum Gasteiger partial charge on any atom is 0.236 e. The summed E-state index contributed by atoms with van der Waals surface area (Å²) < 4.78 is 13.0. The van der Waals surface area contributed by atoms with Crippen molar-refractivity contribution in [1.29, 1.82) is 0 Å². The predicted molar refractivity (Wildman–Crippen MR) is 54.0 cm³/mol. The van der Waals surface area contributed by atoms with Gasteiger partial charge in [0.1, 0.15) is 0 Å². The van der Waals surface area contributed by atoms with E-state index in [1.807, 2.05) is 30.3 Å². The van der Waals surface area contributed by atoms with E-state index in [2.05, 4.69) is 4.98 Å². The average molecular weight is 188 g/mol. The molecule has 14 heavy (non-hydrogen) atoms. The summed E-state index contributed by atoms with van der Waals surface area (Å²) in [5.74, 6) is -0.619. The van der Waals surface area contributed by atoms with Crippen molar-refractivity contribution >= 4 is 5.69 Å². The van der Waals surface area contributed by atoms with Gasteiger partial charge in [0.25, 0.3) is 0 Å². The molecule has 0 amide bonds. The number of nitrogens with two attached hydrogens (primary N) is 1. The number of nitrogen functional groups attached to an aromatic ring is 1. The maximum absolute atomic E-state index is 13.0. The van der Waals surface area contributed by atoms with E-state index in [9.17, 15) is 4.39 Å². The van der Waals surface area contributed by atoms with Gasteiger partial charge in [0.2, 0.25) is 5.95 Å². The lowest BCUT2D eigenvalue weighted by Gasteiger charge is -2.01. The van der Waals surface area contributed by atoms with Gasteiger partial charge in [-0.1, -0.05) is 30.3 Å². The van der Waals surface area contributed by atoms with Crippen molar-refractivity contribution in [2.45, 2.75) is 0 Å². The number of halogens is 1. The summed E-state index contributed by atoms with van der Waals surface area (Å²) in [4.78, 5) is 3.75. The lowest BCUT2D eigenvalue weighted by molar-refractivity contribution is 0.590. The quantitative estimate of drug-likeness (QED) is 0.698. The van der Waals surface area contributed by atoms with Gasteiger partial charge < -0.3 is 5.73 Å². The first kappa shape index (κ1) is 8.69. The summed E-state index contributed by atoms with van der Waals surface area (Å²) in [6, 6.07) is 12.6. The second-order valence-electron chi connectivity index (χ2n) is 2.94. The third-order valence-corrected chi connectivity index (χ3v) is 1.95. The molecular weight excluding hydrogens is 179 g/mol. The fourth-order valence-electron chi connectivity index (χ4n) is 1.21. The fourth-order valence-corrected chi connectivity index (χ4v) is 1.21. The number of nitrogens with zero attached hydrogens (tertiary/aromatic N) is 1. The Morgan fingerprint density at radius 1 is 1.00 bits per heavy atom. The average Bonchev–Trinajstić information content (AvgIpc) is 2.23. The van der Waals surface area contributed by atoms with Gasteiger partial charge in [-0.25, -0.2) is 4.98 Å². The van der Waals surface area contributed by atoms with Gasteiger partial charge in [0, 0.05) is 5.56 Å².